The van der Waals surface area contributed by atoms with Crippen molar-refractivity contribution >= 4 is 39.1 Å². The van der Waals surface area contributed by atoms with Gasteiger partial charge in [-0.25, -0.2) is 12.8 Å². The number of carbonyl (C=O) groups is 1. The number of sulfonamides is 1. The number of nitrogens with one attached hydrogen (secondary N) is 2. The summed E-state index contributed by atoms with van der Waals surface area (Å²) in [5, 5.41) is 2.73. The maximum Gasteiger partial charge on any atom is 0.261 e. The van der Waals surface area contributed by atoms with Crippen LogP contribution >= 0.6 is 11.8 Å². The van der Waals surface area contributed by atoms with Crippen LogP contribution in [0.4, 0.5) is 15.8 Å². The van der Waals surface area contributed by atoms with Crippen LogP contribution in [0.2, 0.25) is 0 Å². The summed E-state index contributed by atoms with van der Waals surface area (Å²) in [4.78, 5) is 12.2. The van der Waals surface area contributed by atoms with Crippen LogP contribution in [0.25, 0.3) is 0 Å². The topological polar surface area (TPSA) is 84.5 Å². The van der Waals surface area contributed by atoms with Gasteiger partial charge in [-0.2, -0.15) is 0 Å². The van der Waals surface area contributed by atoms with Crippen LogP contribution in [-0.2, 0) is 20.6 Å². The second-order valence-electron chi connectivity index (χ2n) is 6.53. The monoisotopic (exact) mass is 460 g/mol. The molecule has 9 heteroatoms. The smallest absolute Gasteiger partial charge is 0.261 e. The van der Waals surface area contributed by atoms with Crippen molar-refractivity contribution in [3.05, 3.63) is 84.2 Å². The number of hydrogen-bond donors (Lipinski definition) is 2. The molecule has 162 valence electrons. The zero-order valence-electron chi connectivity index (χ0n) is 16.7. The first-order valence-electron chi connectivity index (χ1n) is 9.25. The molecule has 1 amide bonds. The predicted molar refractivity (Wildman–Crippen MR) is 121 cm³/mol. The Morgan fingerprint density at radius 2 is 1.55 bits per heavy atom. The lowest BCUT2D eigenvalue weighted by atomic mass is 10.2. The number of methoxy groups -OCH3 is 1. The number of ether oxygens (including phenoxy) is 1. The van der Waals surface area contributed by atoms with Crippen LogP contribution in [0.3, 0.4) is 0 Å². The highest BCUT2D eigenvalue weighted by Crippen LogP contribution is 2.21. The maximum absolute atomic E-state index is 12.9. The molecule has 0 aliphatic rings. The first kappa shape index (κ1) is 22.6. The minimum atomic E-state index is -3.76. The van der Waals surface area contributed by atoms with E-state index < -0.39 is 10.0 Å². The van der Waals surface area contributed by atoms with Crippen molar-refractivity contribution in [1.29, 1.82) is 0 Å². The molecular weight excluding hydrogens is 439 g/mol. The quantitative estimate of drug-likeness (QED) is 0.491. The van der Waals surface area contributed by atoms with Gasteiger partial charge in [0.25, 0.3) is 10.0 Å². The highest BCUT2D eigenvalue weighted by molar-refractivity contribution is 7.99. The molecule has 2 N–H and O–H groups in total. The Labute approximate surface area is 184 Å². The molecule has 3 aromatic rings. The molecule has 3 aromatic carbocycles. The second kappa shape index (κ2) is 10.3. The van der Waals surface area contributed by atoms with Crippen LogP contribution < -0.4 is 14.8 Å². The van der Waals surface area contributed by atoms with E-state index in [1.54, 1.807) is 36.4 Å². The third kappa shape index (κ3) is 6.73. The number of amides is 1. The van der Waals surface area contributed by atoms with Gasteiger partial charge in [0.05, 0.1) is 17.8 Å². The lowest BCUT2D eigenvalue weighted by Gasteiger charge is -2.10. The summed E-state index contributed by atoms with van der Waals surface area (Å²) in [6.07, 6.45) is 0. The summed E-state index contributed by atoms with van der Waals surface area (Å²) < 4.78 is 45.5. The summed E-state index contributed by atoms with van der Waals surface area (Å²) in [5.74, 6) is 0.923. The molecule has 0 unspecified atom stereocenters. The Morgan fingerprint density at radius 1 is 0.935 bits per heavy atom. The van der Waals surface area contributed by atoms with E-state index in [1.807, 2.05) is 0 Å². The molecule has 0 saturated heterocycles. The third-order valence-electron chi connectivity index (χ3n) is 4.21. The van der Waals surface area contributed by atoms with Gasteiger partial charge in [-0.1, -0.05) is 12.1 Å². The summed E-state index contributed by atoms with van der Waals surface area (Å²) in [5.41, 5.74) is 1.84. The Kier molecular flexibility index (Phi) is 7.54. The Hall–Kier alpha value is -3.04. The number of rotatable bonds is 9. The molecule has 0 radical (unpaired) electrons. The fourth-order valence-corrected chi connectivity index (χ4v) is 4.48. The average molecular weight is 461 g/mol. The van der Waals surface area contributed by atoms with Crippen LogP contribution in [0, 0.1) is 5.82 Å². The summed E-state index contributed by atoms with van der Waals surface area (Å²) in [6, 6.07) is 18.6. The largest absolute Gasteiger partial charge is 0.497 e. The molecule has 0 spiro atoms. The number of anilines is 2. The minimum absolute atomic E-state index is 0.0759. The number of halogens is 1. The third-order valence-corrected chi connectivity index (χ3v) is 6.61. The summed E-state index contributed by atoms with van der Waals surface area (Å²) in [6.45, 7) is 0. The van der Waals surface area contributed by atoms with Gasteiger partial charge in [-0.05, 0) is 66.2 Å². The van der Waals surface area contributed by atoms with Crippen LogP contribution in [0.1, 0.15) is 5.56 Å². The van der Waals surface area contributed by atoms with E-state index in [1.165, 1.54) is 55.3 Å². The van der Waals surface area contributed by atoms with E-state index in [9.17, 15) is 17.6 Å². The highest BCUT2D eigenvalue weighted by Gasteiger charge is 2.14. The highest BCUT2D eigenvalue weighted by atomic mass is 32.2. The molecule has 0 bridgehead atoms. The van der Waals surface area contributed by atoms with Crippen LogP contribution in [0.15, 0.2) is 77.7 Å². The molecular formula is C22H21FN2O4S2. The molecule has 0 heterocycles. The molecule has 0 saturated carbocycles. The van der Waals surface area contributed by atoms with Crippen molar-refractivity contribution in [1.82, 2.24) is 0 Å². The number of carbonyl (C=O) groups excluding carboxylic acids is 1. The lowest BCUT2D eigenvalue weighted by Crippen LogP contribution is -2.15. The molecule has 0 aromatic heterocycles. The van der Waals surface area contributed by atoms with Gasteiger partial charge in [0.15, 0.2) is 0 Å². The number of hydrogen-bond acceptors (Lipinski definition) is 5. The molecule has 6 nitrogen and oxygen atoms in total. The van der Waals surface area contributed by atoms with Crippen molar-refractivity contribution in [3.8, 4) is 5.75 Å². The van der Waals surface area contributed by atoms with Gasteiger partial charge >= 0.3 is 0 Å². The molecule has 0 fully saturated rings. The molecule has 0 aliphatic heterocycles. The fraction of sp³-hybridized carbons (Fsp3) is 0.136. The van der Waals surface area contributed by atoms with E-state index in [-0.39, 0.29) is 22.4 Å². The first-order valence-corrected chi connectivity index (χ1v) is 11.9. The van der Waals surface area contributed by atoms with E-state index in [4.69, 9.17) is 4.74 Å². The lowest BCUT2D eigenvalue weighted by molar-refractivity contribution is -0.113. The number of thioether (sulfide) groups is 1. The maximum atomic E-state index is 12.9. The number of benzene rings is 3. The van der Waals surface area contributed by atoms with Gasteiger partial charge in [0.2, 0.25) is 5.91 Å². The minimum Gasteiger partial charge on any atom is -0.497 e. The van der Waals surface area contributed by atoms with Crippen LogP contribution in [0.5, 0.6) is 5.75 Å². The zero-order chi connectivity index (χ0) is 22.3. The Morgan fingerprint density at radius 3 is 2.16 bits per heavy atom. The molecule has 0 atom stereocenters. The van der Waals surface area contributed by atoms with Gasteiger partial charge < -0.3 is 10.1 Å². The van der Waals surface area contributed by atoms with Gasteiger partial charge in [0, 0.05) is 17.1 Å². The summed E-state index contributed by atoms with van der Waals surface area (Å²) >= 11 is 1.40. The fourth-order valence-electron chi connectivity index (χ4n) is 2.63. The van der Waals surface area contributed by atoms with Gasteiger partial charge in [0.1, 0.15) is 11.6 Å². The van der Waals surface area contributed by atoms with Gasteiger partial charge in [-0.3, -0.25) is 9.52 Å². The zero-order valence-corrected chi connectivity index (χ0v) is 18.3. The standard InChI is InChI=1S/C22H21FN2O4S2/c1-29-20-10-6-19(7-11-20)25-31(27,28)21-12-8-18(9-13-21)24-22(26)15-30-14-16-2-4-17(23)5-3-16/h2-13,25H,14-15H2,1H3,(H,24,26). The van der Waals surface area contributed by atoms with Crippen molar-refractivity contribution in [2.45, 2.75) is 10.6 Å². The van der Waals surface area contributed by atoms with E-state index in [0.29, 0.717) is 22.9 Å². The van der Waals surface area contributed by atoms with Crippen molar-refractivity contribution in [2.24, 2.45) is 0 Å². The Balaban J connectivity index is 1.52. The van der Waals surface area contributed by atoms with Crippen LogP contribution in [-0.4, -0.2) is 27.2 Å². The molecule has 31 heavy (non-hydrogen) atoms. The first-order chi connectivity index (χ1) is 14.9. The normalized spacial score (nSPS) is 11.0. The van der Waals surface area contributed by atoms with Gasteiger partial charge in [-0.15, -0.1) is 11.8 Å². The van der Waals surface area contributed by atoms with Crippen molar-refractivity contribution in [3.63, 3.8) is 0 Å². The average Bonchev–Trinajstić information content (AvgIpc) is 2.76. The van der Waals surface area contributed by atoms with E-state index in [2.05, 4.69) is 10.0 Å². The molecule has 3 rings (SSSR count). The molecule has 0 aliphatic carbocycles. The van der Waals surface area contributed by atoms with E-state index >= 15 is 0 Å². The van der Waals surface area contributed by atoms with Crippen molar-refractivity contribution in [2.75, 3.05) is 22.9 Å². The second-order valence-corrected chi connectivity index (χ2v) is 9.19. The van der Waals surface area contributed by atoms with E-state index in [0.717, 1.165) is 5.56 Å². The SMILES string of the molecule is COc1ccc(NS(=O)(=O)c2ccc(NC(=O)CSCc3ccc(F)cc3)cc2)cc1. The summed E-state index contributed by atoms with van der Waals surface area (Å²) in [7, 11) is -2.23. The predicted octanol–water partition coefficient (Wildman–Crippen LogP) is 4.51. The Bertz CT molecular complexity index is 1120. The van der Waals surface area contributed by atoms with Crippen molar-refractivity contribution < 1.29 is 22.3 Å².